The summed E-state index contributed by atoms with van der Waals surface area (Å²) in [5.74, 6) is 1.27. The SMILES string of the molecule is CCc1nc(C2CCCN2C(=O)c2c[nH]c3c(CC)cccc23)no1. The smallest absolute Gasteiger partial charge is 0.256 e. The number of para-hydroxylation sites is 1. The summed E-state index contributed by atoms with van der Waals surface area (Å²) < 4.78 is 5.24. The van der Waals surface area contributed by atoms with E-state index in [-0.39, 0.29) is 11.9 Å². The van der Waals surface area contributed by atoms with E-state index in [1.165, 1.54) is 5.56 Å². The van der Waals surface area contributed by atoms with E-state index in [9.17, 15) is 4.79 Å². The molecule has 3 heterocycles. The number of carbonyl (C=O) groups is 1. The number of rotatable bonds is 4. The maximum absolute atomic E-state index is 13.2. The Labute approximate surface area is 146 Å². The zero-order chi connectivity index (χ0) is 17.4. The highest BCUT2D eigenvalue weighted by Crippen LogP contribution is 2.33. The van der Waals surface area contributed by atoms with E-state index in [1.54, 1.807) is 0 Å². The molecule has 6 nitrogen and oxygen atoms in total. The number of aromatic nitrogens is 3. The number of aryl methyl sites for hydroxylation is 2. The van der Waals surface area contributed by atoms with Gasteiger partial charge in [0.1, 0.15) is 0 Å². The molecule has 1 saturated heterocycles. The van der Waals surface area contributed by atoms with Gasteiger partial charge in [-0.2, -0.15) is 4.98 Å². The summed E-state index contributed by atoms with van der Waals surface area (Å²) in [5.41, 5.74) is 2.99. The predicted molar refractivity (Wildman–Crippen MR) is 94.4 cm³/mol. The van der Waals surface area contributed by atoms with Crippen LogP contribution >= 0.6 is 0 Å². The van der Waals surface area contributed by atoms with Crippen molar-refractivity contribution in [1.29, 1.82) is 0 Å². The van der Waals surface area contributed by atoms with E-state index in [4.69, 9.17) is 4.52 Å². The fraction of sp³-hybridized carbons (Fsp3) is 0.421. The molecule has 130 valence electrons. The van der Waals surface area contributed by atoms with Gasteiger partial charge in [0.15, 0.2) is 5.82 Å². The molecule has 0 radical (unpaired) electrons. The van der Waals surface area contributed by atoms with Crippen LogP contribution in [-0.4, -0.2) is 32.5 Å². The van der Waals surface area contributed by atoms with Crippen LogP contribution in [0.3, 0.4) is 0 Å². The molecule has 6 heteroatoms. The Morgan fingerprint density at radius 3 is 3.00 bits per heavy atom. The van der Waals surface area contributed by atoms with Crippen molar-refractivity contribution in [2.75, 3.05) is 6.54 Å². The van der Waals surface area contributed by atoms with Crippen molar-refractivity contribution in [3.8, 4) is 0 Å². The zero-order valence-corrected chi connectivity index (χ0v) is 14.6. The average Bonchev–Trinajstić information content (AvgIpc) is 3.38. The van der Waals surface area contributed by atoms with Crippen LogP contribution < -0.4 is 0 Å². The number of aromatic amines is 1. The molecular weight excluding hydrogens is 316 g/mol. The first-order chi connectivity index (χ1) is 12.2. The number of nitrogens with one attached hydrogen (secondary N) is 1. The van der Waals surface area contributed by atoms with Crippen LogP contribution in [-0.2, 0) is 12.8 Å². The van der Waals surface area contributed by atoms with Crippen molar-refractivity contribution in [2.45, 2.75) is 45.6 Å². The van der Waals surface area contributed by atoms with Gasteiger partial charge < -0.3 is 14.4 Å². The molecule has 4 rings (SSSR count). The average molecular weight is 338 g/mol. The Bertz CT molecular complexity index is 911. The molecule has 1 N–H and O–H groups in total. The Morgan fingerprint density at radius 2 is 2.24 bits per heavy atom. The van der Waals surface area contributed by atoms with Gasteiger partial charge in [-0.1, -0.05) is 37.2 Å². The molecule has 0 aliphatic carbocycles. The number of amides is 1. The maximum atomic E-state index is 13.2. The van der Waals surface area contributed by atoms with E-state index in [0.29, 0.717) is 18.1 Å². The van der Waals surface area contributed by atoms with Gasteiger partial charge in [-0.25, -0.2) is 0 Å². The minimum absolute atomic E-state index is 0.0323. The van der Waals surface area contributed by atoms with Gasteiger partial charge in [0.2, 0.25) is 5.89 Å². The molecule has 0 saturated carbocycles. The summed E-state index contributed by atoms with van der Waals surface area (Å²) in [6.07, 6.45) is 5.29. The molecule has 1 aliphatic rings. The topological polar surface area (TPSA) is 75.0 Å². The minimum atomic E-state index is -0.101. The third-order valence-electron chi connectivity index (χ3n) is 5.01. The molecule has 1 fully saturated rings. The van der Waals surface area contributed by atoms with Gasteiger partial charge in [-0.15, -0.1) is 0 Å². The number of nitrogens with zero attached hydrogens (tertiary/aromatic N) is 3. The maximum Gasteiger partial charge on any atom is 0.256 e. The number of fused-ring (bicyclic) bond motifs is 1. The molecule has 0 bridgehead atoms. The number of H-pyrrole nitrogens is 1. The third kappa shape index (κ3) is 2.62. The quantitative estimate of drug-likeness (QED) is 0.788. The Hall–Kier alpha value is -2.63. The Morgan fingerprint density at radius 1 is 1.36 bits per heavy atom. The van der Waals surface area contributed by atoms with Crippen molar-refractivity contribution >= 4 is 16.8 Å². The van der Waals surface area contributed by atoms with Crippen LogP contribution in [0.4, 0.5) is 0 Å². The second-order valence-corrected chi connectivity index (χ2v) is 6.45. The van der Waals surface area contributed by atoms with Gasteiger partial charge in [0.25, 0.3) is 5.91 Å². The van der Waals surface area contributed by atoms with E-state index in [0.717, 1.165) is 42.3 Å². The van der Waals surface area contributed by atoms with Gasteiger partial charge >= 0.3 is 0 Å². The van der Waals surface area contributed by atoms with Crippen molar-refractivity contribution < 1.29 is 9.32 Å². The fourth-order valence-electron chi connectivity index (χ4n) is 3.67. The lowest BCUT2D eigenvalue weighted by atomic mass is 10.1. The highest BCUT2D eigenvalue weighted by atomic mass is 16.5. The lowest BCUT2D eigenvalue weighted by Crippen LogP contribution is -2.31. The molecule has 1 aliphatic heterocycles. The third-order valence-corrected chi connectivity index (χ3v) is 5.01. The molecule has 1 unspecified atom stereocenters. The minimum Gasteiger partial charge on any atom is -0.360 e. The second kappa shape index (κ2) is 6.35. The van der Waals surface area contributed by atoms with Crippen molar-refractivity contribution in [1.82, 2.24) is 20.0 Å². The molecule has 1 atom stereocenters. The van der Waals surface area contributed by atoms with Gasteiger partial charge in [0, 0.05) is 30.1 Å². The van der Waals surface area contributed by atoms with E-state index in [1.807, 2.05) is 30.2 Å². The fourth-order valence-corrected chi connectivity index (χ4v) is 3.67. The van der Waals surface area contributed by atoms with Crippen LogP contribution in [0.5, 0.6) is 0 Å². The number of likely N-dealkylation sites (tertiary alicyclic amines) is 1. The first-order valence-corrected chi connectivity index (χ1v) is 8.95. The first-order valence-electron chi connectivity index (χ1n) is 8.95. The number of benzene rings is 1. The van der Waals surface area contributed by atoms with Crippen LogP contribution in [0, 0.1) is 0 Å². The highest BCUT2D eigenvalue weighted by molar-refractivity contribution is 6.07. The number of hydrogen-bond donors (Lipinski definition) is 1. The summed E-state index contributed by atoms with van der Waals surface area (Å²) in [6, 6.07) is 6.01. The predicted octanol–water partition coefficient (Wildman–Crippen LogP) is 3.65. The standard InChI is InChI=1S/C19H22N4O2/c1-3-12-7-5-8-13-14(11-20-17(12)13)19(24)23-10-6-9-15(23)18-21-16(4-2)25-22-18/h5,7-8,11,15,20H,3-4,6,9-10H2,1-2H3. The molecule has 0 spiro atoms. The van der Waals surface area contributed by atoms with Crippen molar-refractivity contribution in [2.24, 2.45) is 0 Å². The van der Waals surface area contributed by atoms with Crippen molar-refractivity contribution in [3.63, 3.8) is 0 Å². The monoisotopic (exact) mass is 338 g/mol. The first kappa shape index (κ1) is 15.9. The van der Waals surface area contributed by atoms with Gasteiger partial charge in [-0.05, 0) is 24.8 Å². The molecule has 2 aromatic heterocycles. The number of hydrogen-bond acceptors (Lipinski definition) is 4. The van der Waals surface area contributed by atoms with Gasteiger partial charge in [0.05, 0.1) is 11.6 Å². The zero-order valence-electron chi connectivity index (χ0n) is 14.6. The molecular formula is C19H22N4O2. The van der Waals surface area contributed by atoms with Crippen molar-refractivity contribution in [3.05, 3.63) is 47.2 Å². The highest BCUT2D eigenvalue weighted by Gasteiger charge is 2.34. The van der Waals surface area contributed by atoms with Crippen LogP contribution in [0.25, 0.3) is 10.9 Å². The molecule has 1 amide bonds. The molecule has 3 aromatic rings. The normalized spacial score (nSPS) is 17.5. The summed E-state index contributed by atoms with van der Waals surface area (Å²) in [7, 11) is 0. The second-order valence-electron chi connectivity index (χ2n) is 6.45. The molecule has 25 heavy (non-hydrogen) atoms. The van der Waals surface area contributed by atoms with E-state index < -0.39 is 0 Å². The summed E-state index contributed by atoms with van der Waals surface area (Å²) in [6.45, 7) is 4.82. The summed E-state index contributed by atoms with van der Waals surface area (Å²) >= 11 is 0. The van der Waals surface area contributed by atoms with Crippen LogP contribution in [0.1, 0.15) is 60.4 Å². The number of carbonyl (C=O) groups excluding carboxylic acids is 1. The van der Waals surface area contributed by atoms with Crippen LogP contribution in [0.15, 0.2) is 28.9 Å². The lowest BCUT2D eigenvalue weighted by Gasteiger charge is -2.22. The Balaban J connectivity index is 1.68. The Kier molecular flexibility index (Phi) is 4.03. The largest absolute Gasteiger partial charge is 0.360 e. The van der Waals surface area contributed by atoms with Gasteiger partial charge in [-0.3, -0.25) is 4.79 Å². The summed E-state index contributed by atoms with van der Waals surface area (Å²) in [4.78, 5) is 22.8. The summed E-state index contributed by atoms with van der Waals surface area (Å²) in [5, 5.41) is 5.07. The van der Waals surface area contributed by atoms with E-state index >= 15 is 0 Å². The molecule has 1 aromatic carbocycles. The van der Waals surface area contributed by atoms with Crippen LogP contribution in [0.2, 0.25) is 0 Å². The lowest BCUT2D eigenvalue weighted by molar-refractivity contribution is 0.0730. The van der Waals surface area contributed by atoms with E-state index in [2.05, 4.69) is 28.1 Å².